The number of halogens is 3. The number of anilines is 2. The molecule has 0 saturated carbocycles. The van der Waals surface area contributed by atoms with Crippen molar-refractivity contribution in [1.29, 1.82) is 0 Å². The summed E-state index contributed by atoms with van der Waals surface area (Å²) in [6, 6.07) is 7.75. The summed E-state index contributed by atoms with van der Waals surface area (Å²) in [7, 11) is 0. The van der Waals surface area contributed by atoms with Crippen molar-refractivity contribution < 1.29 is 17.9 Å². The van der Waals surface area contributed by atoms with E-state index < -0.39 is 6.36 Å². The van der Waals surface area contributed by atoms with Crippen molar-refractivity contribution in [3.8, 4) is 17.0 Å². The van der Waals surface area contributed by atoms with E-state index in [4.69, 9.17) is 0 Å². The second-order valence-electron chi connectivity index (χ2n) is 6.29. The van der Waals surface area contributed by atoms with E-state index in [1.807, 2.05) is 27.7 Å². The van der Waals surface area contributed by atoms with Crippen molar-refractivity contribution in [2.75, 3.05) is 10.6 Å². The van der Waals surface area contributed by atoms with Crippen molar-refractivity contribution in [3.05, 3.63) is 30.3 Å². The van der Waals surface area contributed by atoms with Gasteiger partial charge in [0.2, 0.25) is 5.95 Å². The minimum absolute atomic E-state index is 0.147. The van der Waals surface area contributed by atoms with E-state index in [1.165, 1.54) is 18.2 Å². The molecule has 0 radical (unpaired) electrons. The number of hydrogen-bond acceptors (Lipinski definition) is 5. The van der Waals surface area contributed by atoms with Crippen LogP contribution < -0.4 is 15.4 Å². The molecule has 1 heterocycles. The average Bonchev–Trinajstić information content (AvgIpc) is 2.52. The fourth-order valence-electron chi connectivity index (χ4n) is 2.20. The highest BCUT2D eigenvalue weighted by molar-refractivity contribution is 5.66. The smallest absolute Gasteiger partial charge is 0.406 e. The molecule has 0 fully saturated rings. The van der Waals surface area contributed by atoms with Crippen LogP contribution in [0.2, 0.25) is 0 Å². The molecule has 5 nitrogen and oxygen atoms in total. The molecule has 1 aromatic heterocycles. The fourth-order valence-corrected chi connectivity index (χ4v) is 2.20. The number of alkyl halides is 3. The molecule has 0 aliphatic heterocycles. The zero-order valence-electron chi connectivity index (χ0n) is 15.2. The third-order valence-corrected chi connectivity index (χ3v) is 3.51. The molecule has 0 spiro atoms. The summed E-state index contributed by atoms with van der Waals surface area (Å²) in [5, 5.41) is 6.39. The monoisotopic (exact) mass is 368 g/mol. The van der Waals surface area contributed by atoms with Gasteiger partial charge >= 0.3 is 6.36 Å². The predicted octanol–water partition coefficient (Wildman–Crippen LogP) is 5.07. The molecule has 0 saturated heterocycles. The highest BCUT2D eigenvalue weighted by atomic mass is 19.4. The van der Waals surface area contributed by atoms with E-state index >= 15 is 0 Å². The van der Waals surface area contributed by atoms with Gasteiger partial charge in [-0.25, -0.2) is 4.98 Å². The van der Waals surface area contributed by atoms with Crippen LogP contribution in [-0.4, -0.2) is 28.4 Å². The van der Waals surface area contributed by atoms with Crippen LogP contribution in [0.25, 0.3) is 11.3 Å². The van der Waals surface area contributed by atoms with Crippen LogP contribution in [0, 0.1) is 0 Å². The lowest BCUT2D eigenvalue weighted by Crippen LogP contribution is -2.18. The van der Waals surface area contributed by atoms with Gasteiger partial charge in [0.15, 0.2) is 0 Å². The van der Waals surface area contributed by atoms with E-state index in [9.17, 15) is 13.2 Å². The minimum atomic E-state index is -4.74. The molecule has 0 aliphatic carbocycles. The van der Waals surface area contributed by atoms with Crippen LogP contribution in [0.15, 0.2) is 30.3 Å². The highest BCUT2D eigenvalue weighted by Gasteiger charge is 2.31. The Kier molecular flexibility index (Phi) is 6.28. The maximum atomic E-state index is 12.5. The molecule has 2 aromatic rings. The number of ether oxygens (including phenoxy) is 1. The van der Waals surface area contributed by atoms with Crippen LogP contribution in [0.1, 0.15) is 34.1 Å². The third-order valence-electron chi connectivity index (χ3n) is 3.51. The molecule has 1 atom stereocenters. The van der Waals surface area contributed by atoms with E-state index in [2.05, 4.69) is 25.3 Å². The molecule has 142 valence electrons. The van der Waals surface area contributed by atoms with Gasteiger partial charge in [0, 0.05) is 23.7 Å². The molecule has 2 N–H and O–H groups in total. The quantitative estimate of drug-likeness (QED) is 0.714. The predicted molar refractivity (Wildman–Crippen MR) is 96.3 cm³/mol. The van der Waals surface area contributed by atoms with Crippen LogP contribution in [0.4, 0.5) is 24.9 Å². The molecule has 0 unspecified atom stereocenters. The van der Waals surface area contributed by atoms with Crippen molar-refractivity contribution in [3.63, 3.8) is 0 Å². The Morgan fingerprint density at radius 2 is 1.81 bits per heavy atom. The molecule has 0 bridgehead atoms. The molecule has 1 aromatic carbocycles. The Hall–Kier alpha value is -2.51. The Bertz CT molecular complexity index is 735. The van der Waals surface area contributed by atoms with Crippen molar-refractivity contribution in [1.82, 2.24) is 9.97 Å². The Balaban J connectivity index is 2.40. The van der Waals surface area contributed by atoms with E-state index in [0.29, 0.717) is 23.0 Å². The lowest BCUT2D eigenvalue weighted by atomic mass is 10.1. The van der Waals surface area contributed by atoms with Gasteiger partial charge in [-0.05, 0) is 39.3 Å². The standard InChI is InChI=1S/C18H23F3N4O/c1-5-12(4)23-17-24-15(10-16(25-17)22-11(2)3)13-7-6-8-14(9-13)26-18(19,20)21/h6-12H,5H2,1-4H3,(H2,22,23,24,25)/t12-/m1/s1. The number of nitrogens with zero attached hydrogens (tertiary/aromatic N) is 2. The third kappa shape index (κ3) is 6.09. The summed E-state index contributed by atoms with van der Waals surface area (Å²) in [4.78, 5) is 8.86. The molecule has 2 rings (SSSR count). The van der Waals surface area contributed by atoms with Crippen molar-refractivity contribution in [2.24, 2.45) is 0 Å². The summed E-state index contributed by atoms with van der Waals surface area (Å²) in [5.41, 5.74) is 1.01. The molecular formula is C18H23F3N4O. The van der Waals surface area contributed by atoms with Gasteiger partial charge in [-0.2, -0.15) is 4.98 Å². The highest BCUT2D eigenvalue weighted by Crippen LogP contribution is 2.28. The van der Waals surface area contributed by atoms with Gasteiger partial charge in [-0.15, -0.1) is 13.2 Å². The first-order chi connectivity index (χ1) is 12.2. The van der Waals surface area contributed by atoms with Gasteiger partial charge in [0.1, 0.15) is 11.6 Å². The normalized spacial score (nSPS) is 12.8. The maximum absolute atomic E-state index is 12.5. The second-order valence-corrected chi connectivity index (χ2v) is 6.29. The van der Waals surface area contributed by atoms with E-state index in [0.717, 1.165) is 6.42 Å². The summed E-state index contributed by atoms with van der Waals surface area (Å²) in [5.74, 6) is 0.725. The van der Waals surface area contributed by atoms with E-state index in [1.54, 1.807) is 12.1 Å². The first-order valence-electron chi connectivity index (χ1n) is 8.44. The first-order valence-corrected chi connectivity index (χ1v) is 8.44. The Morgan fingerprint density at radius 3 is 2.42 bits per heavy atom. The van der Waals surface area contributed by atoms with Gasteiger partial charge < -0.3 is 15.4 Å². The van der Waals surface area contributed by atoms with Gasteiger partial charge in [0.25, 0.3) is 0 Å². The first kappa shape index (κ1) is 19.8. The lowest BCUT2D eigenvalue weighted by Gasteiger charge is -2.16. The van der Waals surface area contributed by atoms with E-state index in [-0.39, 0.29) is 17.8 Å². The maximum Gasteiger partial charge on any atom is 0.573 e. The lowest BCUT2D eigenvalue weighted by molar-refractivity contribution is -0.274. The number of rotatable bonds is 7. The average molecular weight is 368 g/mol. The zero-order chi connectivity index (χ0) is 19.3. The summed E-state index contributed by atoms with van der Waals surface area (Å²) in [6.07, 6.45) is -3.85. The van der Waals surface area contributed by atoms with Crippen molar-refractivity contribution >= 4 is 11.8 Å². The van der Waals surface area contributed by atoms with Crippen LogP contribution >= 0.6 is 0 Å². The molecular weight excluding hydrogens is 345 g/mol. The molecule has 26 heavy (non-hydrogen) atoms. The van der Waals surface area contributed by atoms with Gasteiger partial charge in [-0.3, -0.25) is 0 Å². The molecule has 0 aliphatic rings. The Morgan fingerprint density at radius 1 is 1.08 bits per heavy atom. The van der Waals surface area contributed by atoms with Crippen LogP contribution in [0.3, 0.4) is 0 Å². The summed E-state index contributed by atoms with van der Waals surface area (Å²) in [6.45, 7) is 7.98. The topological polar surface area (TPSA) is 59.1 Å². The van der Waals surface area contributed by atoms with Crippen LogP contribution in [0.5, 0.6) is 5.75 Å². The molecule has 8 heteroatoms. The minimum Gasteiger partial charge on any atom is -0.406 e. The number of hydrogen-bond donors (Lipinski definition) is 2. The summed E-state index contributed by atoms with van der Waals surface area (Å²) >= 11 is 0. The van der Waals surface area contributed by atoms with Crippen molar-refractivity contribution in [2.45, 2.75) is 52.6 Å². The Labute approximate surface area is 151 Å². The summed E-state index contributed by atoms with van der Waals surface area (Å²) < 4.78 is 41.4. The fraction of sp³-hybridized carbons (Fsp3) is 0.444. The largest absolute Gasteiger partial charge is 0.573 e. The number of benzene rings is 1. The number of aromatic nitrogens is 2. The molecule has 0 amide bonds. The van der Waals surface area contributed by atoms with Crippen LogP contribution in [-0.2, 0) is 0 Å². The zero-order valence-corrected chi connectivity index (χ0v) is 15.2. The van der Waals surface area contributed by atoms with Gasteiger partial charge in [0.05, 0.1) is 5.69 Å². The SMILES string of the molecule is CC[C@@H](C)Nc1nc(NC(C)C)cc(-c2cccc(OC(F)(F)F)c2)n1. The van der Waals surface area contributed by atoms with Gasteiger partial charge in [-0.1, -0.05) is 19.1 Å². The second kappa shape index (κ2) is 8.25. The number of nitrogens with one attached hydrogen (secondary N) is 2.